The zero-order chi connectivity index (χ0) is 15.8. The smallest absolute Gasteiger partial charge is 0.319 e. The van der Waals surface area contributed by atoms with Gasteiger partial charge in [0, 0.05) is 12.8 Å². The molecule has 1 unspecified atom stereocenters. The average molecular weight is 308 g/mol. The first-order chi connectivity index (χ1) is 9.70. The van der Waals surface area contributed by atoms with Crippen LogP contribution in [0.25, 0.3) is 0 Å². The molecule has 112 valence electrons. The molecule has 1 atom stereocenters. The minimum absolute atomic E-state index is 0.127. The second-order valence-corrected chi connectivity index (χ2v) is 7.07. The highest BCUT2D eigenvalue weighted by atomic mass is 32.2. The third-order valence-corrected chi connectivity index (χ3v) is 4.57. The van der Waals surface area contributed by atoms with Crippen LogP contribution in [-0.2, 0) is 20.2 Å². The molecule has 21 heavy (non-hydrogen) atoms. The number of nitrogens with zero attached hydrogens (tertiary/aromatic N) is 1. The Morgan fingerprint density at radius 1 is 1.29 bits per heavy atom. The maximum Gasteiger partial charge on any atom is 0.325 e. The molecule has 0 spiro atoms. The van der Waals surface area contributed by atoms with E-state index in [9.17, 15) is 18.0 Å². The number of amides is 3. The van der Waals surface area contributed by atoms with Crippen molar-refractivity contribution in [3.8, 4) is 0 Å². The monoisotopic (exact) mass is 308 g/mol. The first kappa shape index (κ1) is 15.2. The quantitative estimate of drug-likeness (QED) is 0.665. The van der Waals surface area contributed by atoms with Gasteiger partial charge in [0.1, 0.15) is 5.54 Å². The van der Waals surface area contributed by atoms with Gasteiger partial charge in [0.15, 0.2) is 9.84 Å². The Bertz CT molecular complexity index is 709. The Balaban J connectivity index is 2.39. The van der Waals surface area contributed by atoms with Gasteiger partial charge in [0.2, 0.25) is 0 Å². The van der Waals surface area contributed by atoms with E-state index in [4.69, 9.17) is 0 Å². The summed E-state index contributed by atoms with van der Waals surface area (Å²) in [5, 5.41) is 2.63. The lowest BCUT2D eigenvalue weighted by atomic mass is 9.92. The molecule has 7 heteroatoms. The summed E-state index contributed by atoms with van der Waals surface area (Å²) in [6, 6.07) is 5.42. The molecular formula is C14H16N2O4S. The lowest BCUT2D eigenvalue weighted by Gasteiger charge is -2.22. The van der Waals surface area contributed by atoms with Crippen molar-refractivity contribution < 1.29 is 18.0 Å². The van der Waals surface area contributed by atoms with Crippen molar-refractivity contribution in [2.45, 2.75) is 17.4 Å². The molecule has 1 aliphatic rings. The highest BCUT2D eigenvalue weighted by molar-refractivity contribution is 7.90. The van der Waals surface area contributed by atoms with E-state index in [1.54, 1.807) is 6.92 Å². The Morgan fingerprint density at radius 2 is 1.86 bits per heavy atom. The van der Waals surface area contributed by atoms with E-state index in [1.807, 2.05) is 0 Å². The Labute approximate surface area is 123 Å². The summed E-state index contributed by atoms with van der Waals surface area (Å²) in [6.07, 6.45) is 2.58. The number of urea groups is 1. The topological polar surface area (TPSA) is 83.6 Å². The molecule has 0 aliphatic carbocycles. The molecule has 1 saturated heterocycles. The molecule has 6 nitrogen and oxygen atoms in total. The fourth-order valence-corrected chi connectivity index (χ4v) is 2.85. The van der Waals surface area contributed by atoms with Gasteiger partial charge in [-0.1, -0.05) is 18.2 Å². The highest BCUT2D eigenvalue weighted by Gasteiger charge is 2.48. The zero-order valence-electron chi connectivity index (χ0n) is 11.8. The molecule has 2 rings (SSSR count). The molecule has 0 bridgehead atoms. The van der Waals surface area contributed by atoms with E-state index in [-0.39, 0.29) is 17.3 Å². The van der Waals surface area contributed by atoms with Crippen LogP contribution in [0.2, 0.25) is 0 Å². The van der Waals surface area contributed by atoms with Crippen molar-refractivity contribution >= 4 is 21.8 Å². The number of benzene rings is 1. The van der Waals surface area contributed by atoms with Gasteiger partial charge in [0.05, 0.1) is 4.90 Å². The van der Waals surface area contributed by atoms with Gasteiger partial charge < -0.3 is 5.32 Å². The fraction of sp³-hybridized carbons (Fsp3) is 0.286. The number of nitrogens with one attached hydrogen (secondary N) is 1. The zero-order valence-corrected chi connectivity index (χ0v) is 12.6. The van der Waals surface area contributed by atoms with Crippen LogP contribution in [0.5, 0.6) is 0 Å². The van der Waals surface area contributed by atoms with Gasteiger partial charge in [0.25, 0.3) is 5.91 Å². The molecule has 1 fully saturated rings. The van der Waals surface area contributed by atoms with Crippen LogP contribution in [0, 0.1) is 0 Å². The van der Waals surface area contributed by atoms with Crippen molar-refractivity contribution in [2.24, 2.45) is 0 Å². The maximum absolute atomic E-state index is 12.4. The van der Waals surface area contributed by atoms with Crippen LogP contribution in [0.4, 0.5) is 4.79 Å². The summed E-state index contributed by atoms with van der Waals surface area (Å²) >= 11 is 0. The summed E-state index contributed by atoms with van der Waals surface area (Å²) < 4.78 is 22.9. The van der Waals surface area contributed by atoms with Gasteiger partial charge in [-0.25, -0.2) is 13.2 Å². The second kappa shape index (κ2) is 5.00. The van der Waals surface area contributed by atoms with E-state index >= 15 is 0 Å². The Morgan fingerprint density at radius 3 is 2.33 bits per heavy atom. The predicted molar refractivity (Wildman–Crippen MR) is 77.3 cm³/mol. The summed E-state index contributed by atoms with van der Waals surface area (Å²) in [4.78, 5) is 25.5. The summed E-state index contributed by atoms with van der Waals surface area (Å²) in [5.74, 6) is -0.389. The molecule has 0 radical (unpaired) electrons. The minimum atomic E-state index is -3.30. The lowest BCUT2D eigenvalue weighted by Crippen LogP contribution is -2.40. The van der Waals surface area contributed by atoms with E-state index in [0.29, 0.717) is 5.56 Å². The number of rotatable bonds is 4. The van der Waals surface area contributed by atoms with E-state index in [2.05, 4.69) is 11.9 Å². The maximum atomic E-state index is 12.4. The first-order valence-corrected chi connectivity index (χ1v) is 8.15. The number of hydrogen-bond donors (Lipinski definition) is 1. The van der Waals surface area contributed by atoms with Crippen LogP contribution in [0.15, 0.2) is 41.8 Å². The van der Waals surface area contributed by atoms with Crippen LogP contribution < -0.4 is 5.32 Å². The first-order valence-electron chi connectivity index (χ1n) is 6.26. The Hall–Kier alpha value is -2.15. The molecule has 1 N–H and O–H groups in total. The average Bonchev–Trinajstić information content (AvgIpc) is 2.63. The van der Waals surface area contributed by atoms with Gasteiger partial charge in [-0.05, 0) is 24.6 Å². The molecule has 3 amide bonds. The van der Waals surface area contributed by atoms with Crippen molar-refractivity contribution in [2.75, 3.05) is 12.8 Å². The standard InChI is InChI=1S/C14H16N2O4S/c1-4-9-16-12(17)14(2,15-13(16)18)10-5-7-11(8-6-10)21(3,19)20/h4-8H,1,9H2,2-3H3,(H,15,18). The van der Waals surface area contributed by atoms with Crippen LogP contribution >= 0.6 is 0 Å². The lowest BCUT2D eigenvalue weighted by molar-refractivity contribution is -0.130. The third-order valence-electron chi connectivity index (χ3n) is 3.45. The van der Waals surface area contributed by atoms with Crippen molar-refractivity contribution in [3.63, 3.8) is 0 Å². The third kappa shape index (κ3) is 2.56. The second-order valence-electron chi connectivity index (χ2n) is 5.06. The molecule has 1 aromatic carbocycles. The van der Waals surface area contributed by atoms with Crippen molar-refractivity contribution in [1.29, 1.82) is 0 Å². The molecule has 1 aliphatic heterocycles. The largest absolute Gasteiger partial charge is 0.325 e. The van der Waals surface area contributed by atoms with Crippen LogP contribution in [0.1, 0.15) is 12.5 Å². The van der Waals surface area contributed by atoms with Gasteiger partial charge in [-0.3, -0.25) is 9.69 Å². The Kier molecular flexibility index (Phi) is 3.63. The normalized spacial score (nSPS) is 22.3. The number of hydrogen-bond acceptors (Lipinski definition) is 4. The highest BCUT2D eigenvalue weighted by Crippen LogP contribution is 2.29. The van der Waals surface area contributed by atoms with E-state index in [0.717, 1.165) is 11.2 Å². The van der Waals surface area contributed by atoms with E-state index < -0.39 is 21.4 Å². The summed E-state index contributed by atoms with van der Waals surface area (Å²) in [5.41, 5.74) is -0.671. The number of imide groups is 1. The predicted octanol–water partition coefficient (Wildman–Crippen LogP) is 1.04. The van der Waals surface area contributed by atoms with Crippen molar-refractivity contribution in [3.05, 3.63) is 42.5 Å². The minimum Gasteiger partial charge on any atom is -0.319 e. The van der Waals surface area contributed by atoms with Crippen LogP contribution in [-0.4, -0.2) is 38.1 Å². The fourth-order valence-electron chi connectivity index (χ4n) is 2.22. The van der Waals surface area contributed by atoms with Crippen LogP contribution in [0.3, 0.4) is 0 Å². The van der Waals surface area contributed by atoms with E-state index in [1.165, 1.54) is 30.3 Å². The SMILES string of the molecule is C=CCN1C(=O)NC(C)(c2ccc(S(C)(=O)=O)cc2)C1=O. The molecule has 1 heterocycles. The summed E-state index contributed by atoms with van der Waals surface area (Å²) in [6.45, 7) is 5.23. The molecular weight excluding hydrogens is 292 g/mol. The van der Waals surface area contributed by atoms with Gasteiger partial charge in [-0.2, -0.15) is 0 Å². The number of carbonyl (C=O) groups excluding carboxylic acids is 2. The summed E-state index contributed by atoms with van der Waals surface area (Å²) in [7, 11) is -3.30. The number of sulfone groups is 1. The number of carbonyl (C=O) groups is 2. The van der Waals surface area contributed by atoms with Gasteiger partial charge in [-0.15, -0.1) is 6.58 Å². The molecule has 1 aromatic rings. The van der Waals surface area contributed by atoms with Gasteiger partial charge >= 0.3 is 6.03 Å². The van der Waals surface area contributed by atoms with Crippen molar-refractivity contribution in [1.82, 2.24) is 10.2 Å². The molecule has 0 aromatic heterocycles. The molecule has 0 saturated carbocycles.